The highest BCUT2D eigenvalue weighted by Crippen LogP contribution is 2.29. The molecule has 1 saturated heterocycles. The average molecular weight is 272 g/mol. The molecule has 1 fully saturated rings. The summed E-state index contributed by atoms with van der Waals surface area (Å²) in [4.78, 5) is 7.60. The van der Waals surface area contributed by atoms with Crippen LogP contribution in [-0.2, 0) is 0 Å². The molecule has 1 aromatic carbocycles. The second kappa shape index (κ2) is 5.35. The Morgan fingerprint density at radius 1 is 0.895 bits per heavy atom. The van der Waals surface area contributed by atoms with Gasteiger partial charge in [0.1, 0.15) is 0 Å². The minimum Gasteiger partial charge on any atom is -0.369 e. The molecule has 1 aliphatic heterocycles. The quantitative estimate of drug-likeness (QED) is 0.826. The van der Waals surface area contributed by atoms with Gasteiger partial charge in [0, 0.05) is 41.6 Å². The molecule has 19 heavy (non-hydrogen) atoms. The molecule has 100 valence electrons. The Morgan fingerprint density at radius 3 is 2.16 bits per heavy atom. The highest BCUT2D eigenvalue weighted by molar-refractivity contribution is 7.15. The van der Waals surface area contributed by atoms with Crippen LogP contribution in [0.15, 0.2) is 36.4 Å². The molecule has 0 spiro atoms. The van der Waals surface area contributed by atoms with E-state index in [-0.39, 0.29) is 0 Å². The van der Waals surface area contributed by atoms with Crippen molar-refractivity contribution >= 4 is 17.0 Å². The van der Waals surface area contributed by atoms with E-state index < -0.39 is 0 Å². The summed E-state index contributed by atoms with van der Waals surface area (Å²) in [7, 11) is 2.19. The van der Waals surface area contributed by atoms with E-state index in [1.54, 1.807) is 0 Å². The zero-order valence-electron chi connectivity index (χ0n) is 11.6. The predicted octanol–water partition coefficient (Wildman–Crippen LogP) is 3.48. The molecule has 0 radical (unpaired) electrons. The molecule has 0 aliphatic carbocycles. The van der Waals surface area contributed by atoms with Crippen LogP contribution in [0, 0.1) is 6.92 Å². The zero-order valence-corrected chi connectivity index (χ0v) is 12.4. The van der Waals surface area contributed by atoms with Crippen molar-refractivity contribution in [1.82, 2.24) is 4.90 Å². The first-order valence-electron chi connectivity index (χ1n) is 6.83. The number of anilines is 1. The van der Waals surface area contributed by atoms with Crippen LogP contribution in [0.3, 0.4) is 0 Å². The number of hydrogen-bond donors (Lipinski definition) is 0. The third kappa shape index (κ3) is 2.82. The molecule has 0 bridgehead atoms. The lowest BCUT2D eigenvalue weighted by molar-refractivity contribution is 0.313. The molecule has 1 aliphatic rings. The maximum atomic E-state index is 2.48. The number of likely N-dealkylation sites (N-methyl/N-ethyl adjacent to an activating group) is 1. The largest absolute Gasteiger partial charge is 0.369 e. The Kier molecular flexibility index (Phi) is 3.58. The Morgan fingerprint density at radius 2 is 1.58 bits per heavy atom. The Bertz CT molecular complexity index is 536. The van der Waals surface area contributed by atoms with Crippen molar-refractivity contribution in [3.05, 3.63) is 41.3 Å². The van der Waals surface area contributed by atoms with Gasteiger partial charge in [-0.05, 0) is 43.8 Å². The van der Waals surface area contributed by atoms with E-state index in [4.69, 9.17) is 0 Å². The third-order valence-electron chi connectivity index (χ3n) is 3.76. The second-order valence-electron chi connectivity index (χ2n) is 5.25. The highest BCUT2D eigenvalue weighted by Gasteiger charge is 2.14. The Balaban J connectivity index is 1.75. The number of nitrogens with zero attached hydrogens (tertiary/aromatic N) is 2. The van der Waals surface area contributed by atoms with Gasteiger partial charge in [0.25, 0.3) is 0 Å². The molecular formula is C16H20N2S. The Hall–Kier alpha value is -1.32. The van der Waals surface area contributed by atoms with Gasteiger partial charge in [0.05, 0.1) is 0 Å². The van der Waals surface area contributed by atoms with E-state index in [1.165, 1.54) is 21.0 Å². The van der Waals surface area contributed by atoms with Gasteiger partial charge in [0.2, 0.25) is 0 Å². The molecule has 0 amide bonds. The van der Waals surface area contributed by atoms with E-state index in [0.29, 0.717) is 0 Å². The van der Waals surface area contributed by atoms with Gasteiger partial charge in [-0.15, -0.1) is 11.3 Å². The number of rotatable bonds is 2. The van der Waals surface area contributed by atoms with E-state index in [2.05, 4.69) is 60.2 Å². The van der Waals surface area contributed by atoms with Crippen LogP contribution in [0.1, 0.15) is 4.88 Å². The maximum absolute atomic E-state index is 2.48. The van der Waals surface area contributed by atoms with Gasteiger partial charge in [-0.25, -0.2) is 0 Å². The first-order valence-corrected chi connectivity index (χ1v) is 7.64. The summed E-state index contributed by atoms with van der Waals surface area (Å²) in [6, 6.07) is 13.4. The smallest absolute Gasteiger partial charge is 0.0367 e. The van der Waals surface area contributed by atoms with Crippen molar-refractivity contribution < 1.29 is 0 Å². The maximum Gasteiger partial charge on any atom is 0.0367 e. The second-order valence-corrected chi connectivity index (χ2v) is 6.54. The first kappa shape index (κ1) is 12.7. The molecule has 3 rings (SSSR count). The third-order valence-corrected chi connectivity index (χ3v) is 4.81. The van der Waals surface area contributed by atoms with Gasteiger partial charge in [-0.3, -0.25) is 0 Å². The topological polar surface area (TPSA) is 6.48 Å². The summed E-state index contributed by atoms with van der Waals surface area (Å²) in [6.45, 7) is 6.74. The van der Waals surface area contributed by atoms with Crippen molar-refractivity contribution in [1.29, 1.82) is 0 Å². The minimum absolute atomic E-state index is 1.13. The van der Waals surface area contributed by atoms with Crippen molar-refractivity contribution in [3.63, 3.8) is 0 Å². The van der Waals surface area contributed by atoms with Crippen LogP contribution in [0.2, 0.25) is 0 Å². The van der Waals surface area contributed by atoms with Gasteiger partial charge < -0.3 is 9.80 Å². The number of benzene rings is 1. The van der Waals surface area contributed by atoms with Crippen LogP contribution in [0.4, 0.5) is 5.69 Å². The fourth-order valence-corrected chi connectivity index (χ4v) is 3.36. The van der Waals surface area contributed by atoms with Crippen LogP contribution in [0.25, 0.3) is 10.4 Å². The molecular weight excluding hydrogens is 252 g/mol. The number of aryl methyl sites for hydroxylation is 1. The molecule has 2 nitrogen and oxygen atoms in total. The molecule has 0 atom stereocenters. The van der Waals surface area contributed by atoms with Crippen LogP contribution >= 0.6 is 11.3 Å². The molecule has 2 heterocycles. The monoisotopic (exact) mass is 272 g/mol. The van der Waals surface area contributed by atoms with E-state index in [1.807, 2.05) is 11.3 Å². The first-order chi connectivity index (χ1) is 9.22. The molecule has 3 heteroatoms. The predicted molar refractivity (Wildman–Crippen MR) is 84.2 cm³/mol. The van der Waals surface area contributed by atoms with Crippen molar-refractivity contribution in [3.8, 4) is 10.4 Å². The average Bonchev–Trinajstić information content (AvgIpc) is 2.87. The molecule has 2 aromatic rings. The normalized spacial score (nSPS) is 16.8. The van der Waals surface area contributed by atoms with Gasteiger partial charge in [-0.1, -0.05) is 12.1 Å². The van der Waals surface area contributed by atoms with Crippen molar-refractivity contribution in [2.24, 2.45) is 0 Å². The Labute approximate surface area is 119 Å². The van der Waals surface area contributed by atoms with E-state index in [9.17, 15) is 0 Å². The summed E-state index contributed by atoms with van der Waals surface area (Å²) < 4.78 is 0. The lowest BCUT2D eigenvalue weighted by Crippen LogP contribution is -2.44. The summed E-state index contributed by atoms with van der Waals surface area (Å²) >= 11 is 1.86. The summed E-state index contributed by atoms with van der Waals surface area (Å²) in [6.07, 6.45) is 0. The summed E-state index contributed by atoms with van der Waals surface area (Å²) in [5, 5.41) is 0. The standard InChI is InChI=1S/C16H20N2S/c1-13-3-8-16(19-13)14-4-6-15(7-5-14)18-11-9-17(2)10-12-18/h3-8H,9-12H2,1-2H3. The lowest BCUT2D eigenvalue weighted by Gasteiger charge is -2.34. The SMILES string of the molecule is Cc1ccc(-c2ccc(N3CCN(C)CC3)cc2)s1. The molecule has 1 aromatic heterocycles. The lowest BCUT2D eigenvalue weighted by atomic mass is 10.1. The van der Waals surface area contributed by atoms with Crippen LogP contribution in [-0.4, -0.2) is 38.1 Å². The number of thiophene rings is 1. The summed E-state index contributed by atoms with van der Waals surface area (Å²) in [5.41, 5.74) is 2.68. The van der Waals surface area contributed by atoms with Gasteiger partial charge >= 0.3 is 0 Å². The molecule has 0 unspecified atom stereocenters. The summed E-state index contributed by atoms with van der Waals surface area (Å²) in [5.74, 6) is 0. The van der Waals surface area contributed by atoms with Crippen LogP contribution < -0.4 is 4.90 Å². The number of piperazine rings is 1. The van der Waals surface area contributed by atoms with Gasteiger partial charge in [-0.2, -0.15) is 0 Å². The van der Waals surface area contributed by atoms with E-state index in [0.717, 1.165) is 26.2 Å². The highest BCUT2D eigenvalue weighted by atomic mass is 32.1. The number of hydrogen-bond acceptors (Lipinski definition) is 3. The zero-order chi connectivity index (χ0) is 13.2. The van der Waals surface area contributed by atoms with Gasteiger partial charge in [0.15, 0.2) is 0 Å². The fourth-order valence-electron chi connectivity index (χ4n) is 2.49. The van der Waals surface area contributed by atoms with Crippen molar-refractivity contribution in [2.45, 2.75) is 6.92 Å². The van der Waals surface area contributed by atoms with Crippen molar-refractivity contribution in [2.75, 3.05) is 38.1 Å². The van der Waals surface area contributed by atoms with Crippen LogP contribution in [0.5, 0.6) is 0 Å². The fraction of sp³-hybridized carbons (Fsp3) is 0.375. The minimum atomic E-state index is 1.13. The molecule has 0 saturated carbocycles. The van der Waals surface area contributed by atoms with E-state index >= 15 is 0 Å². The molecule has 0 N–H and O–H groups in total.